The fraction of sp³-hybridized carbons (Fsp3) is 0.625. The lowest BCUT2D eigenvalue weighted by Gasteiger charge is -2.35. The Morgan fingerprint density at radius 1 is 1.36 bits per heavy atom. The van der Waals surface area contributed by atoms with E-state index in [4.69, 9.17) is 9.47 Å². The van der Waals surface area contributed by atoms with Crippen molar-refractivity contribution in [2.24, 2.45) is 5.92 Å². The van der Waals surface area contributed by atoms with Gasteiger partial charge in [0.15, 0.2) is 0 Å². The minimum atomic E-state index is -0.241. The number of aryl methyl sites for hydroxylation is 1. The van der Waals surface area contributed by atoms with E-state index in [0.29, 0.717) is 45.6 Å². The Morgan fingerprint density at radius 3 is 2.91 bits per heavy atom. The minimum Gasteiger partial charge on any atom is -0.496 e. The number of nitrogens with zero attached hydrogens (tertiary/aromatic N) is 5. The predicted octanol–water partition coefficient (Wildman–Crippen LogP) is 1.94. The summed E-state index contributed by atoms with van der Waals surface area (Å²) < 4.78 is 13.6. The highest BCUT2D eigenvalue weighted by molar-refractivity contribution is 5.76. The maximum absolute atomic E-state index is 13.0. The van der Waals surface area contributed by atoms with Gasteiger partial charge in [-0.15, -0.1) is 5.10 Å². The van der Waals surface area contributed by atoms with E-state index in [1.807, 2.05) is 31.3 Å². The van der Waals surface area contributed by atoms with Gasteiger partial charge in [-0.3, -0.25) is 14.4 Å². The third kappa shape index (κ3) is 6.99. The molecule has 9 nitrogen and oxygen atoms in total. The summed E-state index contributed by atoms with van der Waals surface area (Å²) in [5, 5.41) is 18.1. The molecule has 1 N–H and O–H groups in total. The first-order chi connectivity index (χ1) is 15.9. The predicted molar refractivity (Wildman–Crippen MR) is 125 cm³/mol. The van der Waals surface area contributed by atoms with Crippen molar-refractivity contribution in [3.63, 3.8) is 0 Å². The van der Waals surface area contributed by atoms with Gasteiger partial charge >= 0.3 is 0 Å². The molecule has 0 unspecified atom stereocenters. The highest BCUT2D eigenvalue weighted by Gasteiger charge is 2.28. The maximum atomic E-state index is 13.0. The Kier molecular flexibility index (Phi) is 9.22. The molecule has 2 aromatic rings. The van der Waals surface area contributed by atoms with Gasteiger partial charge in [0.05, 0.1) is 38.7 Å². The van der Waals surface area contributed by atoms with Crippen molar-refractivity contribution in [2.45, 2.75) is 58.5 Å². The van der Waals surface area contributed by atoms with Crippen LogP contribution < -0.4 is 4.74 Å². The lowest BCUT2D eigenvalue weighted by Crippen LogP contribution is -2.47. The lowest BCUT2D eigenvalue weighted by atomic mass is 10.0. The summed E-state index contributed by atoms with van der Waals surface area (Å²) in [6.07, 6.45) is 2.83. The van der Waals surface area contributed by atoms with Crippen molar-refractivity contribution in [1.82, 2.24) is 24.8 Å². The summed E-state index contributed by atoms with van der Waals surface area (Å²) in [6, 6.07) is 7.75. The number of carbonyl (C=O) groups excluding carboxylic acids is 1. The number of benzene rings is 1. The second kappa shape index (κ2) is 12.1. The molecule has 182 valence electrons. The standard InChI is InChI=1S/C24H37N5O4/c1-18-12-29(19(2)16-30)24(31)10-7-11-28-14-21(25-26-28)17-33-23(18)15-27(3)13-20-8-5-6-9-22(20)32-4/h5-6,8-9,14,18-19,23,30H,7,10-13,15-17H2,1-4H3/t18-,19-,23-/m0/s1. The Balaban J connectivity index is 1.77. The number of aliphatic hydroxyl groups excluding tert-OH is 1. The number of amides is 1. The molecular formula is C24H37N5O4. The van der Waals surface area contributed by atoms with E-state index in [0.717, 1.165) is 17.0 Å². The van der Waals surface area contributed by atoms with Gasteiger partial charge in [-0.05, 0) is 26.5 Å². The zero-order chi connectivity index (χ0) is 23.8. The van der Waals surface area contributed by atoms with Gasteiger partial charge in [0.2, 0.25) is 5.91 Å². The monoisotopic (exact) mass is 459 g/mol. The number of likely N-dealkylation sites (N-methyl/N-ethyl adjacent to an activating group) is 1. The van der Waals surface area contributed by atoms with E-state index in [-0.39, 0.29) is 30.6 Å². The van der Waals surface area contributed by atoms with Gasteiger partial charge in [-0.2, -0.15) is 0 Å². The SMILES string of the molecule is COc1ccccc1CN(C)C[C@@H]1OCc2cn(nn2)CCCC(=O)N([C@@H](C)CO)C[C@@H]1C. The van der Waals surface area contributed by atoms with Gasteiger partial charge < -0.3 is 19.5 Å². The van der Waals surface area contributed by atoms with E-state index in [2.05, 4.69) is 35.2 Å². The van der Waals surface area contributed by atoms with Crippen LogP contribution in [0.25, 0.3) is 0 Å². The van der Waals surface area contributed by atoms with Crippen LogP contribution in [-0.2, 0) is 29.2 Å². The lowest BCUT2D eigenvalue weighted by molar-refractivity contribution is -0.136. The molecule has 0 radical (unpaired) electrons. The molecule has 33 heavy (non-hydrogen) atoms. The van der Waals surface area contributed by atoms with Crippen LogP contribution in [0.1, 0.15) is 37.9 Å². The second-order valence-corrected chi connectivity index (χ2v) is 8.99. The summed E-state index contributed by atoms with van der Waals surface area (Å²) in [7, 11) is 3.74. The van der Waals surface area contributed by atoms with Crippen LogP contribution in [0.5, 0.6) is 5.75 Å². The number of hydrogen-bond acceptors (Lipinski definition) is 7. The number of hydrogen-bond donors (Lipinski definition) is 1. The molecule has 1 aliphatic heterocycles. The first-order valence-electron chi connectivity index (χ1n) is 11.6. The summed E-state index contributed by atoms with van der Waals surface area (Å²) >= 11 is 0. The van der Waals surface area contributed by atoms with Crippen molar-refractivity contribution >= 4 is 5.91 Å². The van der Waals surface area contributed by atoms with Gasteiger partial charge in [0, 0.05) is 44.1 Å². The van der Waals surface area contributed by atoms with Crippen LogP contribution in [0.3, 0.4) is 0 Å². The van der Waals surface area contributed by atoms with Crippen LogP contribution in [0.15, 0.2) is 30.5 Å². The quantitative estimate of drug-likeness (QED) is 0.676. The van der Waals surface area contributed by atoms with Crippen LogP contribution >= 0.6 is 0 Å². The van der Waals surface area contributed by atoms with Crippen molar-refractivity contribution < 1.29 is 19.4 Å². The first kappa shape index (κ1) is 25.1. The molecule has 0 aliphatic carbocycles. The van der Waals surface area contributed by atoms with Crippen molar-refractivity contribution in [1.29, 1.82) is 0 Å². The topological polar surface area (TPSA) is 93.0 Å². The molecule has 2 heterocycles. The number of ether oxygens (including phenoxy) is 2. The number of para-hydroxylation sites is 1. The zero-order valence-electron chi connectivity index (χ0n) is 20.2. The van der Waals surface area contributed by atoms with Crippen LogP contribution in [-0.4, -0.2) is 81.8 Å². The number of fused-ring (bicyclic) bond motifs is 2. The van der Waals surface area contributed by atoms with E-state index in [1.165, 1.54) is 0 Å². The summed E-state index contributed by atoms with van der Waals surface area (Å²) in [5.74, 6) is 0.960. The van der Waals surface area contributed by atoms with Gasteiger partial charge in [-0.25, -0.2) is 0 Å². The first-order valence-corrected chi connectivity index (χ1v) is 11.6. The average Bonchev–Trinajstić information content (AvgIpc) is 3.27. The summed E-state index contributed by atoms with van der Waals surface area (Å²) in [5.41, 5.74) is 1.89. The van der Waals surface area contributed by atoms with Crippen LogP contribution in [0.4, 0.5) is 0 Å². The zero-order valence-corrected chi connectivity index (χ0v) is 20.2. The summed E-state index contributed by atoms with van der Waals surface area (Å²) in [6.45, 7) is 6.81. The Bertz CT molecular complexity index is 889. The summed E-state index contributed by atoms with van der Waals surface area (Å²) in [4.78, 5) is 17.0. The number of carbonyl (C=O) groups is 1. The molecule has 1 amide bonds. The highest BCUT2D eigenvalue weighted by atomic mass is 16.5. The normalized spacial score (nSPS) is 21.3. The third-order valence-electron chi connectivity index (χ3n) is 6.17. The van der Waals surface area contributed by atoms with Crippen molar-refractivity contribution in [2.75, 3.05) is 33.9 Å². The highest BCUT2D eigenvalue weighted by Crippen LogP contribution is 2.21. The van der Waals surface area contributed by atoms with Gasteiger partial charge in [0.1, 0.15) is 11.4 Å². The molecule has 1 aromatic heterocycles. The Labute approximate surface area is 196 Å². The molecule has 3 rings (SSSR count). The fourth-order valence-electron chi connectivity index (χ4n) is 4.19. The van der Waals surface area contributed by atoms with Crippen LogP contribution in [0.2, 0.25) is 0 Å². The molecular weight excluding hydrogens is 422 g/mol. The molecule has 0 fully saturated rings. The Morgan fingerprint density at radius 2 is 2.15 bits per heavy atom. The van der Waals surface area contributed by atoms with Gasteiger partial charge in [-0.1, -0.05) is 30.3 Å². The largest absolute Gasteiger partial charge is 0.496 e. The second-order valence-electron chi connectivity index (χ2n) is 8.99. The average molecular weight is 460 g/mol. The number of aromatic nitrogens is 3. The molecule has 0 spiro atoms. The smallest absolute Gasteiger partial charge is 0.222 e. The van der Waals surface area contributed by atoms with E-state index >= 15 is 0 Å². The number of rotatable bonds is 7. The molecule has 9 heteroatoms. The molecule has 0 saturated heterocycles. The molecule has 1 aliphatic rings. The number of aliphatic hydroxyl groups is 1. The molecule has 3 atom stereocenters. The molecule has 0 saturated carbocycles. The molecule has 1 aromatic carbocycles. The Hall–Kier alpha value is -2.49. The van der Waals surface area contributed by atoms with Crippen molar-refractivity contribution in [3.8, 4) is 5.75 Å². The van der Waals surface area contributed by atoms with E-state index < -0.39 is 0 Å². The van der Waals surface area contributed by atoms with E-state index in [1.54, 1.807) is 16.7 Å². The number of methoxy groups -OCH3 is 1. The van der Waals surface area contributed by atoms with Crippen molar-refractivity contribution in [3.05, 3.63) is 41.7 Å². The molecule has 2 bridgehead atoms. The third-order valence-corrected chi connectivity index (χ3v) is 6.17. The van der Waals surface area contributed by atoms with Gasteiger partial charge in [0.25, 0.3) is 0 Å². The fourth-order valence-corrected chi connectivity index (χ4v) is 4.19. The van der Waals surface area contributed by atoms with Crippen LogP contribution in [0, 0.1) is 5.92 Å². The maximum Gasteiger partial charge on any atom is 0.222 e. The minimum absolute atomic E-state index is 0.0455. The van der Waals surface area contributed by atoms with E-state index in [9.17, 15) is 9.90 Å².